The number of nitrogens with one attached hydrogen (secondary N) is 2. The summed E-state index contributed by atoms with van der Waals surface area (Å²) in [4.78, 5) is 16.3. The lowest BCUT2D eigenvalue weighted by atomic mass is 10.2. The van der Waals surface area contributed by atoms with Gasteiger partial charge in [-0.3, -0.25) is 9.78 Å². The fourth-order valence-electron chi connectivity index (χ4n) is 2.46. The first-order chi connectivity index (χ1) is 15.0. The van der Waals surface area contributed by atoms with Gasteiger partial charge >= 0.3 is 0 Å². The van der Waals surface area contributed by atoms with Crippen molar-refractivity contribution in [3.63, 3.8) is 0 Å². The zero-order valence-corrected chi connectivity index (χ0v) is 18.0. The molecular formula is C19H22N8O3S. The third-order valence-corrected chi connectivity index (χ3v) is 5.04. The molecule has 0 unspecified atom stereocenters. The predicted molar refractivity (Wildman–Crippen MR) is 119 cm³/mol. The van der Waals surface area contributed by atoms with E-state index in [-0.39, 0.29) is 17.6 Å². The zero-order valence-electron chi connectivity index (χ0n) is 17.2. The minimum atomic E-state index is -0.252. The van der Waals surface area contributed by atoms with Crippen LogP contribution in [0.2, 0.25) is 0 Å². The summed E-state index contributed by atoms with van der Waals surface area (Å²) in [6.07, 6.45) is 3.36. The second kappa shape index (κ2) is 10.3. The Morgan fingerprint density at radius 3 is 2.68 bits per heavy atom. The van der Waals surface area contributed by atoms with E-state index >= 15 is 0 Å². The largest absolute Gasteiger partial charge is 0.497 e. The van der Waals surface area contributed by atoms with Crippen molar-refractivity contribution in [2.75, 3.05) is 36.6 Å². The molecule has 12 heteroatoms. The van der Waals surface area contributed by atoms with Gasteiger partial charge in [0, 0.05) is 24.0 Å². The van der Waals surface area contributed by atoms with E-state index in [1.807, 2.05) is 19.1 Å². The number of nitrogens with zero attached hydrogens (tertiary/aromatic N) is 5. The number of ether oxygens (including phenoxy) is 2. The number of benzene rings is 1. The Kier molecular flexibility index (Phi) is 7.27. The maximum absolute atomic E-state index is 12.3. The maximum atomic E-state index is 12.3. The second-order valence-corrected chi connectivity index (χ2v) is 7.07. The molecular weight excluding hydrogens is 420 g/mol. The van der Waals surface area contributed by atoms with Gasteiger partial charge in [0.05, 0.1) is 31.4 Å². The average molecular weight is 443 g/mol. The fraction of sp³-hybridized carbons (Fsp3) is 0.211. The van der Waals surface area contributed by atoms with Crippen molar-refractivity contribution in [2.45, 2.75) is 12.1 Å². The van der Waals surface area contributed by atoms with Gasteiger partial charge in [0.1, 0.15) is 11.5 Å². The lowest BCUT2D eigenvalue weighted by molar-refractivity contribution is -0.113. The Balaban J connectivity index is 1.58. The highest BCUT2D eigenvalue weighted by Crippen LogP contribution is 2.29. The van der Waals surface area contributed by atoms with Crippen LogP contribution in [0.15, 0.2) is 53.0 Å². The lowest BCUT2D eigenvalue weighted by Crippen LogP contribution is -2.17. The summed E-state index contributed by atoms with van der Waals surface area (Å²) in [6.45, 7) is 1.84. The number of hydrazone groups is 1. The van der Waals surface area contributed by atoms with Gasteiger partial charge in [-0.25, -0.2) is 10.1 Å². The Morgan fingerprint density at radius 2 is 1.97 bits per heavy atom. The number of nitrogens with two attached hydrogens (primary N) is 1. The molecule has 0 atom stereocenters. The van der Waals surface area contributed by atoms with Gasteiger partial charge < -0.3 is 20.6 Å². The quantitative estimate of drug-likeness (QED) is 0.196. The van der Waals surface area contributed by atoms with Gasteiger partial charge in [0.15, 0.2) is 0 Å². The van der Waals surface area contributed by atoms with Gasteiger partial charge in [0.2, 0.25) is 11.1 Å². The normalized spacial score (nSPS) is 11.1. The first-order valence-corrected chi connectivity index (χ1v) is 10.1. The smallest absolute Gasteiger partial charge is 0.264 e. The number of methoxy groups -OCH3 is 2. The summed E-state index contributed by atoms with van der Waals surface area (Å²) < 4.78 is 11.7. The van der Waals surface area contributed by atoms with Crippen LogP contribution in [-0.2, 0) is 4.79 Å². The number of carbonyl (C=O) groups excluding carboxylic acids is 1. The highest BCUT2D eigenvalue weighted by atomic mass is 32.2. The molecule has 162 valence electrons. The standard InChI is InChI=1S/C19H22N8O3S/c1-12(13-6-8-21-9-7-13)23-24-18-25-26-19(27(18)20)31-11-17(28)22-15-5-4-14(29-2)10-16(15)30-3/h4-10H,11,20H2,1-3H3,(H,22,28)(H,24,25)/b23-12+. The topological polar surface area (TPSA) is 142 Å². The van der Waals surface area contributed by atoms with Crippen molar-refractivity contribution in [3.05, 3.63) is 48.3 Å². The first kappa shape index (κ1) is 21.9. The van der Waals surface area contributed by atoms with Crippen LogP contribution in [0.25, 0.3) is 0 Å². The molecule has 3 aromatic rings. The van der Waals surface area contributed by atoms with Crippen LogP contribution >= 0.6 is 11.8 Å². The van der Waals surface area contributed by atoms with Crippen LogP contribution in [0.4, 0.5) is 11.6 Å². The Bertz CT molecular complexity index is 1070. The minimum absolute atomic E-state index is 0.0732. The summed E-state index contributed by atoms with van der Waals surface area (Å²) in [6, 6.07) is 8.80. The van der Waals surface area contributed by atoms with Gasteiger partial charge in [-0.15, -0.1) is 10.2 Å². The van der Waals surface area contributed by atoms with Crippen molar-refractivity contribution < 1.29 is 14.3 Å². The third kappa shape index (κ3) is 5.63. The molecule has 0 radical (unpaired) electrons. The van der Waals surface area contributed by atoms with Crippen LogP contribution in [0.1, 0.15) is 12.5 Å². The van der Waals surface area contributed by atoms with E-state index in [0.29, 0.717) is 22.3 Å². The molecule has 2 heterocycles. The van der Waals surface area contributed by atoms with Crippen molar-refractivity contribution in [3.8, 4) is 11.5 Å². The maximum Gasteiger partial charge on any atom is 0.264 e. The van der Waals surface area contributed by atoms with Crippen LogP contribution in [0, 0.1) is 0 Å². The van der Waals surface area contributed by atoms with Crippen molar-refractivity contribution in [1.82, 2.24) is 19.9 Å². The van der Waals surface area contributed by atoms with E-state index in [0.717, 1.165) is 23.0 Å². The van der Waals surface area contributed by atoms with E-state index in [1.165, 1.54) is 11.8 Å². The number of rotatable bonds is 9. The van der Waals surface area contributed by atoms with Crippen molar-refractivity contribution in [1.29, 1.82) is 0 Å². The third-order valence-electron chi connectivity index (χ3n) is 4.10. The number of aromatic nitrogens is 4. The van der Waals surface area contributed by atoms with Gasteiger partial charge in [-0.1, -0.05) is 11.8 Å². The first-order valence-electron chi connectivity index (χ1n) is 9.07. The van der Waals surface area contributed by atoms with Crippen LogP contribution in [0.3, 0.4) is 0 Å². The molecule has 0 aliphatic heterocycles. The van der Waals surface area contributed by atoms with Crippen molar-refractivity contribution in [2.24, 2.45) is 5.10 Å². The highest BCUT2D eigenvalue weighted by molar-refractivity contribution is 7.99. The summed E-state index contributed by atoms with van der Waals surface area (Å²) >= 11 is 1.14. The molecule has 0 bridgehead atoms. The predicted octanol–water partition coefficient (Wildman–Crippen LogP) is 1.97. The molecule has 1 amide bonds. The summed E-state index contributed by atoms with van der Waals surface area (Å²) in [5, 5.41) is 15.3. The molecule has 0 aliphatic rings. The molecule has 0 saturated heterocycles. The number of amides is 1. The van der Waals surface area contributed by atoms with Gasteiger partial charge in [-0.2, -0.15) is 5.10 Å². The van der Waals surface area contributed by atoms with Crippen molar-refractivity contribution >= 4 is 35.0 Å². The Morgan fingerprint density at radius 1 is 1.19 bits per heavy atom. The number of thioether (sulfide) groups is 1. The minimum Gasteiger partial charge on any atom is -0.497 e. The molecule has 0 spiro atoms. The molecule has 31 heavy (non-hydrogen) atoms. The molecule has 0 fully saturated rings. The summed E-state index contributed by atoms with van der Waals surface area (Å²) in [5.74, 6) is 7.19. The molecule has 11 nitrogen and oxygen atoms in total. The number of hydrogen-bond donors (Lipinski definition) is 3. The van der Waals surface area contributed by atoms with Crippen LogP contribution < -0.4 is 26.1 Å². The van der Waals surface area contributed by atoms with E-state index < -0.39 is 0 Å². The molecule has 2 aromatic heterocycles. The van der Waals surface area contributed by atoms with Gasteiger partial charge in [0.25, 0.3) is 5.95 Å². The Hall–Kier alpha value is -3.80. The molecule has 1 aromatic carbocycles. The lowest BCUT2D eigenvalue weighted by Gasteiger charge is -2.11. The molecule has 0 saturated carbocycles. The van der Waals surface area contributed by atoms with E-state index in [1.54, 1.807) is 37.7 Å². The average Bonchev–Trinajstić information content (AvgIpc) is 3.16. The van der Waals surface area contributed by atoms with E-state index in [4.69, 9.17) is 15.3 Å². The monoisotopic (exact) mass is 442 g/mol. The summed E-state index contributed by atoms with van der Waals surface area (Å²) in [5.41, 5.74) is 4.95. The van der Waals surface area contributed by atoms with Gasteiger partial charge in [-0.05, 0) is 31.2 Å². The van der Waals surface area contributed by atoms with Crippen LogP contribution in [-0.4, -0.2) is 51.4 Å². The zero-order chi connectivity index (χ0) is 22.2. The second-order valence-electron chi connectivity index (χ2n) is 6.12. The summed E-state index contributed by atoms with van der Waals surface area (Å²) in [7, 11) is 3.07. The molecule has 4 N–H and O–H groups in total. The number of nitrogen functional groups attached to an aromatic ring is 1. The number of anilines is 2. The number of hydrogen-bond acceptors (Lipinski definition) is 10. The highest BCUT2D eigenvalue weighted by Gasteiger charge is 2.14. The molecule has 0 aliphatic carbocycles. The van der Waals surface area contributed by atoms with E-state index in [9.17, 15) is 4.79 Å². The van der Waals surface area contributed by atoms with Crippen LogP contribution in [0.5, 0.6) is 11.5 Å². The van der Waals surface area contributed by atoms with E-state index in [2.05, 4.69) is 31.0 Å². The fourth-order valence-corrected chi connectivity index (χ4v) is 3.12. The molecule has 3 rings (SSSR count). The number of carbonyl (C=O) groups is 1. The SMILES string of the molecule is COc1ccc(NC(=O)CSc2nnc(N/N=C(\C)c3ccncc3)n2N)c(OC)c1. The number of pyridine rings is 1. The Labute approximate surface area is 183 Å².